The zero-order valence-corrected chi connectivity index (χ0v) is 11.4. The number of carbonyl (C=O) groups is 1. The van der Waals surface area contributed by atoms with Gasteiger partial charge in [-0.25, -0.2) is 0 Å². The number of phenolic OH excluding ortho intramolecular Hbond substituents is 1. The van der Waals surface area contributed by atoms with Gasteiger partial charge in [-0.3, -0.25) is 4.79 Å². The van der Waals surface area contributed by atoms with Gasteiger partial charge >= 0.3 is 0 Å². The predicted octanol–water partition coefficient (Wildman–Crippen LogP) is 3.71. The van der Waals surface area contributed by atoms with Gasteiger partial charge in [-0.15, -0.1) is 0 Å². The van der Waals surface area contributed by atoms with Crippen LogP contribution in [0.2, 0.25) is 0 Å². The molecule has 104 valence electrons. The molecule has 0 unspecified atom stereocenters. The number of nitrogens with zero attached hydrogens (tertiary/aromatic N) is 1. The fourth-order valence-electron chi connectivity index (χ4n) is 2.37. The minimum absolute atomic E-state index is 0.242. The third kappa shape index (κ3) is 2.87. The minimum atomic E-state index is 0.242. The van der Waals surface area contributed by atoms with Crippen LogP contribution in [-0.2, 0) is 11.3 Å². The van der Waals surface area contributed by atoms with Crippen LogP contribution in [0.5, 0.6) is 5.75 Å². The molecule has 0 atom stereocenters. The summed E-state index contributed by atoms with van der Waals surface area (Å²) in [6.07, 6.45) is 0.842. The molecule has 0 aliphatic carbocycles. The molecule has 0 spiro atoms. The van der Waals surface area contributed by atoms with Crippen molar-refractivity contribution in [3.05, 3.63) is 72.3 Å². The molecule has 0 bridgehead atoms. The highest BCUT2D eigenvalue weighted by atomic mass is 16.3. The zero-order valence-electron chi connectivity index (χ0n) is 11.4. The third-order valence-electron chi connectivity index (χ3n) is 3.46. The van der Waals surface area contributed by atoms with E-state index < -0.39 is 0 Å². The predicted molar refractivity (Wildman–Crippen MR) is 84.3 cm³/mol. The number of amides is 1. The van der Waals surface area contributed by atoms with Crippen LogP contribution in [-0.4, -0.2) is 11.5 Å². The van der Waals surface area contributed by atoms with E-state index in [1.54, 1.807) is 17.0 Å². The second-order valence-corrected chi connectivity index (χ2v) is 4.93. The van der Waals surface area contributed by atoms with Gasteiger partial charge in [0.1, 0.15) is 5.75 Å². The standard InChI is InChI=1S/C18H15NO2/c20-13-19(12-14-4-2-1-3-5-14)17-8-6-16-11-18(21)9-7-15(16)10-17/h1-11,13,21H,12H2. The Morgan fingerprint density at radius 1 is 0.905 bits per heavy atom. The van der Waals surface area contributed by atoms with Gasteiger partial charge in [-0.05, 0) is 40.6 Å². The molecule has 0 heterocycles. The van der Waals surface area contributed by atoms with Crippen molar-refractivity contribution in [2.45, 2.75) is 6.54 Å². The summed E-state index contributed by atoms with van der Waals surface area (Å²) in [4.78, 5) is 13.1. The fraction of sp³-hybridized carbons (Fsp3) is 0.0556. The van der Waals surface area contributed by atoms with E-state index in [-0.39, 0.29) is 5.75 Å². The summed E-state index contributed by atoms with van der Waals surface area (Å²) in [6, 6.07) is 20.8. The van der Waals surface area contributed by atoms with Crippen molar-refractivity contribution >= 4 is 22.9 Å². The van der Waals surface area contributed by atoms with Crippen LogP contribution in [0.3, 0.4) is 0 Å². The lowest BCUT2D eigenvalue weighted by Crippen LogP contribution is -2.20. The second kappa shape index (κ2) is 5.67. The maximum atomic E-state index is 11.4. The van der Waals surface area contributed by atoms with Crippen LogP contribution in [0, 0.1) is 0 Å². The Kier molecular flexibility index (Phi) is 3.56. The van der Waals surface area contributed by atoms with Gasteiger partial charge in [0.05, 0.1) is 6.54 Å². The Hall–Kier alpha value is -2.81. The maximum Gasteiger partial charge on any atom is 0.214 e. The van der Waals surface area contributed by atoms with E-state index in [1.165, 1.54) is 0 Å². The smallest absolute Gasteiger partial charge is 0.214 e. The molecule has 0 aromatic heterocycles. The normalized spacial score (nSPS) is 10.5. The molecule has 3 aromatic rings. The quantitative estimate of drug-likeness (QED) is 0.738. The fourth-order valence-corrected chi connectivity index (χ4v) is 2.37. The molecular formula is C18H15NO2. The summed E-state index contributed by atoms with van der Waals surface area (Å²) < 4.78 is 0. The van der Waals surface area contributed by atoms with Gasteiger partial charge in [-0.2, -0.15) is 0 Å². The topological polar surface area (TPSA) is 40.5 Å². The van der Waals surface area contributed by atoms with Crippen molar-refractivity contribution in [3.8, 4) is 5.75 Å². The van der Waals surface area contributed by atoms with Crippen LogP contribution < -0.4 is 4.90 Å². The molecule has 0 fully saturated rings. The molecule has 1 N–H and O–H groups in total. The number of hydrogen-bond acceptors (Lipinski definition) is 2. The number of carbonyl (C=O) groups excluding carboxylic acids is 1. The number of aromatic hydroxyl groups is 1. The lowest BCUT2D eigenvalue weighted by molar-refractivity contribution is -0.107. The van der Waals surface area contributed by atoms with E-state index in [1.807, 2.05) is 54.6 Å². The Bertz CT molecular complexity index is 769. The van der Waals surface area contributed by atoms with Crippen molar-refractivity contribution in [3.63, 3.8) is 0 Å². The molecule has 21 heavy (non-hydrogen) atoms. The molecule has 0 saturated carbocycles. The van der Waals surface area contributed by atoms with Gasteiger partial charge in [0.25, 0.3) is 0 Å². The lowest BCUT2D eigenvalue weighted by atomic mass is 10.1. The van der Waals surface area contributed by atoms with Crippen LogP contribution in [0.25, 0.3) is 10.8 Å². The van der Waals surface area contributed by atoms with Crippen molar-refractivity contribution < 1.29 is 9.90 Å². The highest BCUT2D eigenvalue weighted by Crippen LogP contribution is 2.25. The molecule has 0 aliphatic heterocycles. The van der Waals surface area contributed by atoms with E-state index in [2.05, 4.69) is 0 Å². The van der Waals surface area contributed by atoms with Crippen molar-refractivity contribution in [2.75, 3.05) is 4.90 Å². The summed E-state index contributed by atoms with van der Waals surface area (Å²) in [6.45, 7) is 0.536. The summed E-state index contributed by atoms with van der Waals surface area (Å²) in [5.41, 5.74) is 1.92. The van der Waals surface area contributed by atoms with Gasteiger partial charge in [-0.1, -0.05) is 42.5 Å². The first-order chi connectivity index (χ1) is 10.3. The highest BCUT2D eigenvalue weighted by molar-refractivity contribution is 5.89. The maximum absolute atomic E-state index is 11.4. The van der Waals surface area contributed by atoms with Crippen LogP contribution >= 0.6 is 0 Å². The molecule has 0 saturated heterocycles. The average Bonchev–Trinajstić information content (AvgIpc) is 2.53. The summed E-state index contributed by atoms with van der Waals surface area (Å²) in [5.74, 6) is 0.242. The summed E-state index contributed by atoms with van der Waals surface area (Å²) in [5, 5.41) is 11.4. The van der Waals surface area contributed by atoms with Crippen LogP contribution in [0.4, 0.5) is 5.69 Å². The molecule has 0 aliphatic rings. The SMILES string of the molecule is O=CN(Cc1ccccc1)c1ccc2cc(O)ccc2c1. The van der Waals surface area contributed by atoms with Crippen molar-refractivity contribution in [1.82, 2.24) is 0 Å². The van der Waals surface area contributed by atoms with Gasteiger partial charge in [0, 0.05) is 5.69 Å². The largest absolute Gasteiger partial charge is 0.508 e. The number of rotatable bonds is 4. The Balaban J connectivity index is 1.93. The van der Waals surface area contributed by atoms with E-state index in [0.717, 1.165) is 28.4 Å². The number of anilines is 1. The molecule has 1 amide bonds. The van der Waals surface area contributed by atoms with E-state index >= 15 is 0 Å². The molecule has 3 nitrogen and oxygen atoms in total. The first-order valence-corrected chi connectivity index (χ1v) is 6.75. The molecule has 3 rings (SSSR count). The van der Waals surface area contributed by atoms with Crippen LogP contribution in [0.1, 0.15) is 5.56 Å². The summed E-state index contributed by atoms with van der Waals surface area (Å²) in [7, 11) is 0. The number of phenols is 1. The first kappa shape index (κ1) is 13.2. The number of hydrogen-bond donors (Lipinski definition) is 1. The van der Waals surface area contributed by atoms with Gasteiger partial charge in [0.15, 0.2) is 0 Å². The van der Waals surface area contributed by atoms with E-state index in [4.69, 9.17) is 0 Å². The zero-order chi connectivity index (χ0) is 14.7. The van der Waals surface area contributed by atoms with Crippen molar-refractivity contribution in [1.29, 1.82) is 0 Å². The first-order valence-electron chi connectivity index (χ1n) is 6.75. The Morgan fingerprint density at radius 2 is 1.62 bits per heavy atom. The molecular weight excluding hydrogens is 262 g/mol. The lowest BCUT2D eigenvalue weighted by Gasteiger charge is -2.18. The number of benzene rings is 3. The molecule has 3 aromatic carbocycles. The Morgan fingerprint density at radius 3 is 2.38 bits per heavy atom. The Labute approximate surface area is 123 Å². The third-order valence-corrected chi connectivity index (χ3v) is 3.46. The minimum Gasteiger partial charge on any atom is -0.508 e. The number of fused-ring (bicyclic) bond motifs is 1. The second-order valence-electron chi connectivity index (χ2n) is 4.93. The molecule has 3 heteroatoms. The van der Waals surface area contributed by atoms with E-state index in [9.17, 15) is 9.90 Å². The molecule has 0 radical (unpaired) electrons. The van der Waals surface area contributed by atoms with Gasteiger partial charge in [0.2, 0.25) is 6.41 Å². The van der Waals surface area contributed by atoms with Crippen LogP contribution in [0.15, 0.2) is 66.7 Å². The highest BCUT2D eigenvalue weighted by Gasteiger charge is 2.07. The van der Waals surface area contributed by atoms with Crippen molar-refractivity contribution in [2.24, 2.45) is 0 Å². The monoisotopic (exact) mass is 277 g/mol. The van der Waals surface area contributed by atoms with E-state index in [0.29, 0.717) is 6.54 Å². The summed E-state index contributed by atoms with van der Waals surface area (Å²) >= 11 is 0. The average molecular weight is 277 g/mol. The van der Waals surface area contributed by atoms with Gasteiger partial charge < -0.3 is 10.0 Å².